The third-order valence-corrected chi connectivity index (χ3v) is 5.61. The molecular formula is C15H25NS. The van der Waals surface area contributed by atoms with E-state index in [-0.39, 0.29) is 0 Å². The van der Waals surface area contributed by atoms with Gasteiger partial charge in [-0.2, -0.15) is 0 Å². The van der Waals surface area contributed by atoms with Gasteiger partial charge >= 0.3 is 0 Å². The van der Waals surface area contributed by atoms with Gasteiger partial charge in [-0.3, -0.25) is 0 Å². The van der Waals surface area contributed by atoms with Gasteiger partial charge in [-0.05, 0) is 43.7 Å². The van der Waals surface area contributed by atoms with Crippen LogP contribution in [-0.4, -0.2) is 6.04 Å². The highest BCUT2D eigenvalue weighted by molar-refractivity contribution is 7.12. The molecule has 1 aliphatic carbocycles. The molecule has 0 aromatic carbocycles. The Hall–Kier alpha value is -0.340. The third kappa shape index (κ3) is 3.11. The van der Waals surface area contributed by atoms with Crippen LogP contribution in [0, 0.1) is 25.7 Å². The van der Waals surface area contributed by atoms with E-state index in [2.05, 4.69) is 39.1 Å². The topological polar surface area (TPSA) is 12.0 Å². The van der Waals surface area contributed by atoms with Gasteiger partial charge in [-0.15, -0.1) is 11.3 Å². The van der Waals surface area contributed by atoms with Gasteiger partial charge in [0, 0.05) is 22.3 Å². The van der Waals surface area contributed by atoms with Crippen LogP contribution in [0.25, 0.3) is 0 Å². The summed E-state index contributed by atoms with van der Waals surface area (Å²) in [7, 11) is 0. The average molecular weight is 251 g/mol. The molecule has 0 saturated heterocycles. The number of aryl methyl sites for hydroxylation is 2. The van der Waals surface area contributed by atoms with Crippen molar-refractivity contribution in [3.05, 3.63) is 21.4 Å². The highest BCUT2D eigenvalue weighted by atomic mass is 32.1. The zero-order valence-electron chi connectivity index (χ0n) is 11.5. The monoisotopic (exact) mass is 251 g/mol. The molecule has 1 aromatic heterocycles. The first-order chi connectivity index (χ1) is 8.08. The molecular weight excluding hydrogens is 226 g/mol. The number of nitrogens with one attached hydrogen (secondary N) is 1. The molecule has 96 valence electrons. The molecule has 1 fully saturated rings. The van der Waals surface area contributed by atoms with Crippen LogP contribution in [0.1, 0.15) is 48.4 Å². The van der Waals surface area contributed by atoms with Crippen molar-refractivity contribution in [1.82, 2.24) is 5.32 Å². The van der Waals surface area contributed by atoms with Gasteiger partial charge in [0.25, 0.3) is 0 Å². The van der Waals surface area contributed by atoms with Crippen LogP contribution in [0.5, 0.6) is 0 Å². The summed E-state index contributed by atoms with van der Waals surface area (Å²) in [4.78, 5) is 2.96. The second-order valence-corrected chi connectivity index (χ2v) is 7.05. The standard InChI is InChI=1S/C15H25NS/c1-10-6-5-7-15(12(10)3)16-9-14-8-11(2)13(4)17-14/h8,10,12,15-16H,5-7,9H2,1-4H3. The molecule has 1 aromatic rings. The highest BCUT2D eigenvalue weighted by Gasteiger charge is 2.26. The summed E-state index contributed by atoms with van der Waals surface area (Å²) in [5.41, 5.74) is 1.44. The molecule has 17 heavy (non-hydrogen) atoms. The highest BCUT2D eigenvalue weighted by Crippen LogP contribution is 2.30. The van der Waals surface area contributed by atoms with Crippen LogP contribution >= 0.6 is 11.3 Å². The zero-order chi connectivity index (χ0) is 12.4. The van der Waals surface area contributed by atoms with E-state index < -0.39 is 0 Å². The molecule has 3 atom stereocenters. The van der Waals surface area contributed by atoms with Gasteiger partial charge in [0.1, 0.15) is 0 Å². The normalized spacial score (nSPS) is 29.5. The molecule has 0 spiro atoms. The van der Waals surface area contributed by atoms with Gasteiger partial charge in [-0.25, -0.2) is 0 Å². The van der Waals surface area contributed by atoms with Crippen LogP contribution in [0.15, 0.2) is 6.07 Å². The summed E-state index contributed by atoms with van der Waals surface area (Å²) in [5, 5.41) is 3.77. The summed E-state index contributed by atoms with van der Waals surface area (Å²) in [6.45, 7) is 10.3. The smallest absolute Gasteiger partial charge is 0.0302 e. The fourth-order valence-electron chi connectivity index (χ4n) is 2.84. The molecule has 2 rings (SSSR count). The Bertz CT molecular complexity index is 349. The zero-order valence-corrected chi connectivity index (χ0v) is 12.4. The maximum Gasteiger partial charge on any atom is 0.0302 e. The van der Waals surface area contributed by atoms with E-state index in [4.69, 9.17) is 0 Å². The molecule has 2 heteroatoms. The number of rotatable bonds is 3. The molecule has 1 saturated carbocycles. The molecule has 1 nitrogen and oxygen atoms in total. The van der Waals surface area contributed by atoms with Crippen molar-refractivity contribution in [3.8, 4) is 0 Å². The van der Waals surface area contributed by atoms with Crippen LogP contribution in [0.4, 0.5) is 0 Å². The molecule has 1 heterocycles. The van der Waals surface area contributed by atoms with Crippen LogP contribution in [0.3, 0.4) is 0 Å². The Balaban J connectivity index is 1.89. The minimum Gasteiger partial charge on any atom is -0.309 e. The summed E-state index contributed by atoms with van der Waals surface area (Å²) in [6.07, 6.45) is 4.16. The minimum absolute atomic E-state index is 0.724. The van der Waals surface area contributed by atoms with Crippen molar-refractivity contribution in [3.63, 3.8) is 0 Å². The van der Waals surface area contributed by atoms with Gasteiger partial charge in [0.2, 0.25) is 0 Å². The van der Waals surface area contributed by atoms with Gasteiger partial charge < -0.3 is 5.32 Å². The molecule has 3 unspecified atom stereocenters. The SMILES string of the molecule is Cc1cc(CNC2CCCC(C)C2C)sc1C. The van der Waals surface area contributed by atoms with Gasteiger partial charge in [-0.1, -0.05) is 26.7 Å². The summed E-state index contributed by atoms with van der Waals surface area (Å²) in [5.74, 6) is 1.71. The lowest BCUT2D eigenvalue weighted by Crippen LogP contribution is -2.40. The van der Waals surface area contributed by atoms with E-state index in [1.54, 1.807) is 0 Å². The second kappa shape index (κ2) is 5.53. The van der Waals surface area contributed by atoms with Gasteiger partial charge in [0.05, 0.1) is 0 Å². The maximum absolute atomic E-state index is 3.77. The lowest BCUT2D eigenvalue weighted by Gasteiger charge is -2.34. The maximum atomic E-state index is 3.77. The lowest BCUT2D eigenvalue weighted by atomic mass is 9.78. The number of hydrogen-bond donors (Lipinski definition) is 1. The first kappa shape index (κ1) is 13.1. The van der Waals surface area contributed by atoms with E-state index in [0.29, 0.717) is 0 Å². The average Bonchev–Trinajstić information content (AvgIpc) is 2.61. The summed E-state index contributed by atoms with van der Waals surface area (Å²) in [6, 6.07) is 3.06. The van der Waals surface area contributed by atoms with E-state index >= 15 is 0 Å². The van der Waals surface area contributed by atoms with E-state index in [0.717, 1.165) is 24.4 Å². The predicted octanol–water partition coefficient (Wildman–Crippen LogP) is 4.28. The van der Waals surface area contributed by atoms with Crippen molar-refractivity contribution in [1.29, 1.82) is 0 Å². The summed E-state index contributed by atoms with van der Waals surface area (Å²) < 4.78 is 0. The first-order valence-corrected chi connectivity index (χ1v) is 7.69. The Morgan fingerprint density at radius 3 is 2.71 bits per heavy atom. The third-order valence-electron chi connectivity index (χ3n) is 4.46. The Labute approximate surface area is 110 Å². The molecule has 0 radical (unpaired) electrons. The fourth-order valence-corrected chi connectivity index (χ4v) is 3.84. The second-order valence-electron chi connectivity index (χ2n) is 5.71. The summed E-state index contributed by atoms with van der Waals surface area (Å²) >= 11 is 1.94. The quantitative estimate of drug-likeness (QED) is 0.845. The molecule has 1 aliphatic rings. The first-order valence-electron chi connectivity index (χ1n) is 6.87. The van der Waals surface area contributed by atoms with Crippen molar-refractivity contribution in [2.45, 2.75) is 59.5 Å². The predicted molar refractivity (Wildman–Crippen MR) is 76.6 cm³/mol. The number of thiophene rings is 1. The van der Waals surface area contributed by atoms with E-state index in [1.165, 1.54) is 34.6 Å². The van der Waals surface area contributed by atoms with Crippen LogP contribution in [-0.2, 0) is 6.54 Å². The molecule has 0 amide bonds. The van der Waals surface area contributed by atoms with E-state index in [9.17, 15) is 0 Å². The Morgan fingerprint density at radius 2 is 2.06 bits per heavy atom. The molecule has 0 aliphatic heterocycles. The molecule has 1 N–H and O–H groups in total. The lowest BCUT2D eigenvalue weighted by molar-refractivity contribution is 0.206. The van der Waals surface area contributed by atoms with Gasteiger partial charge in [0.15, 0.2) is 0 Å². The largest absolute Gasteiger partial charge is 0.309 e. The minimum atomic E-state index is 0.724. The number of hydrogen-bond acceptors (Lipinski definition) is 2. The van der Waals surface area contributed by atoms with Crippen LogP contribution < -0.4 is 5.32 Å². The van der Waals surface area contributed by atoms with Crippen molar-refractivity contribution in [2.24, 2.45) is 11.8 Å². The Kier molecular flexibility index (Phi) is 4.26. The van der Waals surface area contributed by atoms with Crippen molar-refractivity contribution < 1.29 is 0 Å². The Morgan fingerprint density at radius 1 is 1.29 bits per heavy atom. The molecule has 0 bridgehead atoms. The fraction of sp³-hybridized carbons (Fsp3) is 0.733. The van der Waals surface area contributed by atoms with Crippen LogP contribution in [0.2, 0.25) is 0 Å². The van der Waals surface area contributed by atoms with Crippen molar-refractivity contribution >= 4 is 11.3 Å². The van der Waals surface area contributed by atoms with Crippen molar-refractivity contribution in [2.75, 3.05) is 0 Å². The van der Waals surface area contributed by atoms with E-state index in [1.807, 2.05) is 11.3 Å².